The Morgan fingerprint density at radius 1 is 1.13 bits per heavy atom. The molecule has 30 heavy (non-hydrogen) atoms. The number of aliphatic imine (C=N–C) groups is 1. The second-order valence-corrected chi connectivity index (χ2v) is 6.27. The molecule has 0 saturated heterocycles. The summed E-state index contributed by atoms with van der Waals surface area (Å²) < 4.78 is 56.3. The lowest BCUT2D eigenvalue weighted by molar-refractivity contribution is -0.145. The lowest BCUT2D eigenvalue weighted by Crippen LogP contribution is -2.27. The summed E-state index contributed by atoms with van der Waals surface area (Å²) in [5.74, 6) is -8.83. The maximum Gasteiger partial charge on any atom is 0.343 e. The fraction of sp³-hybridized carbons (Fsp3) is 0.450. The highest BCUT2D eigenvalue weighted by Gasteiger charge is 2.27. The third-order valence-corrected chi connectivity index (χ3v) is 3.85. The van der Waals surface area contributed by atoms with E-state index in [9.17, 15) is 27.9 Å². The molecule has 0 bridgehead atoms. The van der Waals surface area contributed by atoms with Crippen LogP contribution in [0.1, 0.15) is 33.3 Å². The number of carbonyl (C=O) groups excluding carboxylic acids is 2. The number of carbonyl (C=O) groups is 2. The van der Waals surface area contributed by atoms with Crippen molar-refractivity contribution >= 4 is 23.9 Å². The monoisotopic (exact) mass is 431 g/mol. The Morgan fingerprint density at radius 2 is 1.73 bits per heavy atom. The van der Waals surface area contributed by atoms with E-state index in [2.05, 4.69) is 9.73 Å². The van der Waals surface area contributed by atoms with Crippen molar-refractivity contribution in [2.24, 2.45) is 10.9 Å². The molecular weight excluding hydrogens is 407 g/mol. The van der Waals surface area contributed by atoms with Crippen LogP contribution >= 0.6 is 0 Å². The molecule has 0 aliphatic carbocycles. The molecule has 0 unspecified atom stereocenters. The van der Waals surface area contributed by atoms with E-state index in [4.69, 9.17) is 9.47 Å². The van der Waals surface area contributed by atoms with E-state index in [0.29, 0.717) is 6.07 Å². The van der Waals surface area contributed by atoms with Crippen LogP contribution in [0.25, 0.3) is 5.76 Å². The largest absolute Gasteiger partial charge is 0.506 e. The molecular formula is C20H24F3NO6. The first-order chi connectivity index (χ1) is 14.1. The van der Waals surface area contributed by atoms with Gasteiger partial charge in [-0.1, -0.05) is 13.8 Å². The predicted octanol–water partition coefficient (Wildman–Crippen LogP) is 3.60. The van der Waals surface area contributed by atoms with Gasteiger partial charge in [-0.25, -0.2) is 18.4 Å². The number of hydrogen-bond donors (Lipinski definition) is 1. The van der Waals surface area contributed by atoms with Crippen molar-refractivity contribution < 1.29 is 42.1 Å². The highest BCUT2D eigenvalue weighted by atomic mass is 19.2. The Balaban J connectivity index is 3.61. The first-order valence-corrected chi connectivity index (χ1v) is 9.12. The second-order valence-electron chi connectivity index (χ2n) is 6.27. The van der Waals surface area contributed by atoms with E-state index >= 15 is 0 Å². The van der Waals surface area contributed by atoms with Crippen molar-refractivity contribution in [2.75, 3.05) is 20.3 Å². The van der Waals surface area contributed by atoms with Crippen molar-refractivity contribution in [3.8, 4) is 5.75 Å². The number of hydrogen-bond acceptors (Lipinski definition) is 7. The van der Waals surface area contributed by atoms with Crippen molar-refractivity contribution in [3.05, 3.63) is 34.7 Å². The summed E-state index contributed by atoms with van der Waals surface area (Å²) in [6.45, 7) is 6.44. The van der Waals surface area contributed by atoms with Gasteiger partial charge in [0.05, 0.1) is 25.9 Å². The van der Waals surface area contributed by atoms with Crippen molar-refractivity contribution in [2.45, 2.75) is 33.7 Å². The molecule has 1 N–H and O–H groups in total. The highest BCUT2D eigenvalue weighted by Crippen LogP contribution is 2.31. The minimum Gasteiger partial charge on any atom is -0.506 e. The molecule has 0 heterocycles. The van der Waals surface area contributed by atoms with Gasteiger partial charge >= 0.3 is 11.9 Å². The quantitative estimate of drug-likeness (QED) is 0.211. The summed E-state index contributed by atoms with van der Waals surface area (Å²) in [6.07, 6.45) is 0.808. The average Bonchev–Trinajstić information content (AvgIpc) is 2.68. The van der Waals surface area contributed by atoms with Crippen LogP contribution in [-0.2, 0) is 19.1 Å². The van der Waals surface area contributed by atoms with Crippen LogP contribution in [0.5, 0.6) is 5.75 Å². The van der Waals surface area contributed by atoms with Crippen LogP contribution in [0.2, 0.25) is 0 Å². The third-order valence-electron chi connectivity index (χ3n) is 3.85. The zero-order valence-electron chi connectivity index (χ0n) is 17.3. The normalized spacial score (nSPS) is 13.2. The Kier molecular flexibility index (Phi) is 9.35. The molecule has 0 aromatic heterocycles. The molecule has 0 fully saturated rings. The molecule has 0 amide bonds. The summed E-state index contributed by atoms with van der Waals surface area (Å²) in [5.41, 5.74) is -1.52. The molecule has 0 radical (unpaired) electrons. The number of nitrogens with zero attached hydrogens (tertiary/aromatic N) is 1. The Hall–Kier alpha value is -3.04. The van der Waals surface area contributed by atoms with Gasteiger partial charge in [0.25, 0.3) is 0 Å². The topological polar surface area (TPSA) is 94.4 Å². The van der Waals surface area contributed by atoms with Gasteiger partial charge in [0, 0.05) is 6.21 Å². The van der Waals surface area contributed by atoms with Gasteiger partial charge in [0.15, 0.2) is 17.4 Å². The van der Waals surface area contributed by atoms with Crippen LogP contribution < -0.4 is 4.74 Å². The molecule has 0 aliphatic rings. The van der Waals surface area contributed by atoms with E-state index < -0.39 is 58.1 Å². The molecule has 1 rings (SSSR count). The smallest absolute Gasteiger partial charge is 0.343 e. The zero-order valence-corrected chi connectivity index (χ0v) is 17.3. The van der Waals surface area contributed by atoms with Gasteiger partial charge in [-0.15, -0.1) is 0 Å². The highest BCUT2D eigenvalue weighted by molar-refractivity contribution is 6.15. The number of aliphatic hydroxyl groups is 1. The van der Waals surface area contributed by atoms with Gasteiger partial charge in [0.2, 0.25) is 5.82 Å². The van der Waals surface area contributed by atoms with Crippen molar-refractivity contribution in [3.63, 3.8) is 0 Å². The minimum atomic E-state index is -1.60. The van der Waals surface area contributed by atoms with Gasteiger partial charge in [0.1, 0.15) is 17.4 Å². The summed E-state index contributed by atoms with van der Waals surface area (Å²) in [7, 11) is 0.908. The summed E-state index contributed by atoms with van der Waals surface area (Å²) in [5, 5.41) is 10.5. The van der Waals surface area contributed by atoms with E-state index in [1.54, 1.807) is 20.8 Å². The average molecular weight is 431 g/mol. The molecule has 1 aromatic rings. The molecule has 7 nitrogen and oxygen atoms in total. The van der Waals surface area contributed by atoms with E-state index in [0.717, 1.165) is 13.3 Å². The predicted molar refractivity (Wildman–Crippen MR) is 103 cm³/mol. The summed E-state index contributed by atoms with van der Waals surface area (Å²) in [6, 6.07) is -0.674. The van der Waals surface area contributed by atoms with Gasteiger partial charge in [-0.2, -0.15) is 4.39 Å². The van der Waals surface area contributed by atoms with Gasteiger partial charge in [-0.05, 0) is 25.8 Å². The maximum atomic E-state index is 14.5. The number of ether oxygens (including phenoxy) is 3. The number of esters is 2. The van der Waals surface area contributed by atoms with Crippen molar-refractivity contribution in [1.82, 2.24) is 0 Å². The Bertz CT molecular complexity index is 851. The number of rotatable bonds is 9. The van der Waals surface area contributed by atoms with Gasteiger partial charge < -0.3 is 19.3 Å². The summed E-state index contributed by atoms with van der Waals surface area (Å²) >= 11 is 0. The fourth-order valence-corrected chi connectivity index (χ4v) is 2.38. The molecule has 0 spiro atoms. The molecule has 1 aromatic carbocycles. The van der Waals surface area contributed by atoms with Crippen LogP contribution in [0, 0.1) is 23.4 Å². The van der Waals surface area contributed by atoms with E-state index in [-0.39, 0.29) is 19.1 Å². The molecule has 10 heteroatoms. The number of aliphatic hydroxyl groups excluding tert-OH is 1. The second kappa shape index (κ2) is 11.2. The van der Waals surface area contributed by atoms with Crippen LogP contribution in [0.3, 0.4) is 0 Å². The first-order valence-electron chi connectivity index (χ1n) is 9.12. The standard InChI is InChI=1S/C20H24F3NO6/c1-6-29-19(26)12(9-24-16(10(3)4)20(27)30-7-2)17(25)11-8-13(21)15(23)18(28-5)14(11)22/h8-10,16,25H,6-7H2,1-5H3/b17-12-,24-9?/t16-/m0/s1. The van der Waals surface area contributed by atoms with Gasteiger partial charge in [-0.3, -0.25) is 4.99 Å². The lowest BCUT2D eigenvalue weighted by Gasteiger charge is -2.15. The number of halogens is 3. The zero-order chi connectivity index (χ0) is 23.0. The Labute approximate surface area is 172 Å². The fourth-order valence-electron chi connectivity index (χ4n) is 2.38. The molecule has 0 aliphatic heterocycles. The van der Waals surface area contributed by atoms with Crippen molar-refractivity contribution in [1.29, 1.82) is 0 Å². The van der Waals surface area contributed by atoms with E-state index in [1.165, 1.54) is 6.92 Å². The van der Waals surface area contributed by atoms with Crippen LogP contribution in [-0.4, -0.2) is 49.6 Å². The van der Waals surface area contributed by atoms with Crippen LogP contribution in [0.4, 0.5) is 13.2 Å². The first kappa shape index (κ1) is 25.0. The Morgan fingerprint density at radius 3 is 2.23 bits per heavy atom. The molecule has 1 atom stereocenters. The van der Waals surface area contributed by atoms with Crippen LogP contribution in [0.15, 0.2) is 16.6 Å². The number of benzene rings is 1. The van der Waals surface area contributed by atoms with E-state index in [1.807, 2.05) is 0 Å². The third kappa shape index (κ3) is 5.74. The summed E-state index contributed by atoms with van der Waals surface area (Å²) in [4.78, 5) is 28.3. The molecule has 0 saturated carbocycles. The molecule has 166 valence electrons. The SMILES string of the molecule is CCOC(=O)/C(C=N[C@H](C(=O)OCC)C(C)C)=C(\O)c1cc(F)c(F)c(OC)c1F. The lowest BCUT2D eigenvalue weighted by atomic mass is 10.0. The maximum absolute atomic E-state index is 14.5. The number of methoxy groups -OCH3 is 1. The minimum absolute atomic E-state index is 0.0987.